The molecule has 0 aliphatic heterocycles. The summed E-state index contributed by atoms with van der Waals surface area (Å²) in [6.45, 7) is 3.86. The minimum atomic E-state index is -0.107. The summed E-state index contributed by atoms with van der Waals surface area (Å²) in [6, 6.07) is 10.1. The van der Waals surface area contributed by atoms with Gasteiger partial charge in [-0.25, -0.2) is 9.97 Å². The van der Waals surface area contributed by atoms with Crippen LogP contribution in [0.5, 0.6) is 0 Å². The van der Waals surface area contributed by atoms with Crippen LogP contribution in [-0.2, 0) is 0 Å². The van der Waals surface area contributed by atoms with Crippen LogP contribution in [0.2, 0.25) is 0 Å². The second-order valence-corrected chi connectivity index (χ2v) is 6.84. The molecule has 1 amide bonds. The highest BCUT2D eigenvalue weighted by atomic mass is 16.1. The Kier molecular flexibility index (Phi) is 5.64. The largest absolute Gasteiger partial charge is 0.348 e. The highest BCUT2D eigenvalue weighted by Crippen LogP contribution is 2.19. The number of carbonyl (C=O) groups is 1. The third-order valence-corrected chi connectivity index (χ3v) is 4.58. The van der Waals surface area contributed by atoms with Gasteiger partial charge in [-0.2, -0.15) is 0 Å². The van der Waals surface area contributed by atoms with Gasteiger partial charge in [0.1, 0.15) is 17.3 Å². The molecule has 132 valence electrons. The van der Waals surface area contributed by atoms with Gasteiger partial charge in [0.15, 0.2) is 0 Å². The molecule has 0 bridgehead atoms. The van der Waals surface area contributed by atoms with Gasteiger partial charge in [-0.3, -0.25) is 4.79 Å². The Hall–Kier alpha value is -2.43. The quantitative estimate of drug-likeness (QED) is 0.816. The molecule has 0 radical (unpaired) electrons. The smallest absolute Gasteiger partial charge is 0.270 e. The number of anilines is 2. The normalized spacial score (nSPS) is 15.4. The summed E-state index contributed by atoms with van der Waals surface area (Å²) in [7, 11) is 0. The maximum atomic E-state index is 12.6. The second-order valence-electron chi connectivity index (χ2n) is 6.84. The van der Waals surface area contributed by atoms with Crippen LogP contribution >= 0.6 is 0 Å². The van der Waals surface area contributed by atoms with Crippen LogP contribution in [0, 0.1) is 13.8 Å². The van der Waals surface area contributed by atoms with Crippen molar-refractivity contribution >= 4 is 17.4 Å². The van der Waals surface area contributed by atoms with Crippen LogP contribution in [0.15, 0.2) is 30.3 Å². The number of nitrogens with zero attached hydrogens (tertiary/aromatic N) is 2. The Balaban J connectivity index is 1.71. The molecular formula is C20H26N4O. The summed E-state index contributed by atoms with van der Waals surface area (Å²) >= 11 is 0. The molecule has 5 nitrogen and oxygen atoms in total. The predicted octanol–water partition coefficient (Wildman–Crippen LogP) is 4.29. The van der Waals surface area contributed by atoms with Gasteiger partial charge < -0.3 is 10.6 Å². The van der Waals surface area contributed by atoms with Crippen molar-refractivity contribution in [3.63, 3.8) is 0 Å². The van der Waals surface area contributed by atoms with Crippen LogP contribution in [0.3, 0.4) is 0 Å². The number of benzene rings is 1. The molecule has 1 heterocycles. The first-order valence-corrected chi connectivity index (χ1v) is 9.10. The van der Waals surface area contributed by atoms with E-state index in [4.69, 9.17) is 0 Å². The average Bonchev–Trinajstić information content (AvgIpc) is 2.85. The van der Waals surface area contributed by atoms with E-state index in [1.807, 2.05) is 31.2 Å². The highest BCUT2D eigenvalue weighted by molar-refractivity contribution is 5.93. The van der Waals surface area contributed by atoms with Crippen molar-refractivity contribution in [3.8, 4) is 0 Å². The molecule has 0 atom stereocenters. The van der Waals surface area contributed by atoms with Crippen LogP contribution in [-0.4, -0.2) is 21.9 Å². The molecular weight excluding hydrogens is 312 g/mol. The van der Waals surface area contributed by atoms with Gasteiger partial charge in [0.25, 0.3) is 5.91 Å². The van der Waals surface area contributed by atoms with E-state index in [1.54, 1.807) is 6.07 Å². The van der Waals surface area contributed by atoms with Crippen molar-refractivity contribution in [1.82, 2.24) is 15.3 Å². The Morgan fingerprint density at radius 2 is 1.68 bits per heavy atom. The van der Waals surface area contributed by atoms with E-state index < -0.39 is 0 Å². The highest BCUT2D eigenvalue weighted by Gasteiger charge is 2.17. The Labute approximate surface area is 149 Å². The molecule has 2 aromatic rings. The van der Waals surface area contributed by atoms with E-state index in [1.165, 1.54) is 31.2 Å². The standard InChI is InChI=1S/C20H26N4O/c1-14-9-11-17(12-10-14)23-19-13-18(21-15(2)22-19)20(25)24-16-7-5-3-4-6-8-16/h9-13,16H,3-8H2,1-2H3,(H,24,25)(H,21,22,23). The molecule has 25 heavy (non-hydrogen) atoms. The zero-order chi connectivity index (χ0) is 17.6. The third-order valence-electron chi connectivity index (χ3n) is 4.58. The number of hydrogen-bond acceptors (Lipinski definition) is 4. The maximum Gasteiger partial charge on any atom is 0.270 e. The molecule has 1 saturated carbocycles. The van der Waals surface area contributed by atoms with Gasteiger partial charge in [0.2, 0.25) is 0 Å². The van der Waals surface area contributed by atoms with Crippen molar-refractivity contribution < 1.29 is 4.79 Å². The molecule has 5 heteroatoms. The summed E-state index contributed by atoms with van der Waals surface area (Å²) in [4.78, 5) is 21.3. The molecule has 0 unspecified atom stereocenters. The van der Waals surface area contributed by atoms with Crippen LogP contribution in [0.25, 0.3) is 0 Å². The molecule has 1 aliphatic carbocycles. The summed E-state index contributed by atoms with van der Waals surface area (Å²) in [5.74, 6) is 1.12. The van der Waals surface area contributed by atoms with Gasteiger partial charge in [-0.1, -0.05) is 43.4 Å². The molecule has 3 rings (SSSR count). The Morgan fingerprint density at radius 1 is 1.00 bits per heavy atom. The lowest BCUT2D eigenvalue weighted by Crippen LogP contribution is -2.35. The summed E-state index contributed by atoms with van der Waals surface area (Å²) < 4.78 is 0. The lowest BCUT2D eigenvalue weighted by atomic mass is 10.1. The number of aryl methyl sites for hydroxylation is 2. The summed E-state index contributed by atoms with van der Waals surface area (Å²) in [5, 5.41) is 6.39. The second kappa shape index (κ2) is 8.10. The molecule has 0 saturated heterocycles. The molecule has 1 fully saturated rings. The Bertz CT molecular complexity index is 719. The first-order chi connectivity index (χ1) is 12.1. The first-order valence-electron chi connectivity index (χ1n) is 9.10. The van der Waals surface area contributed by atoms with Crippen LogP contribution in [0.4, 0.5) is 11.5 Å². The van der Waals surface area contributed by atoms with Gasteiger partial charge >= 0.3 is 0 Å². The molecule has 1 aromatic heterocycles. The number of carbonyl (C=O) groups excluding carboxylic acids is 1. The lowest BCUT2D eigenvalue weighted by Gasteiger charge is -2.16. The van der Waals surface area contributed by atoms with E-state index >= 15 is 0 Å². The molecule has 1 aromatic carbocycles. The molecule has 0 spiro atoms. The van der Waals surface area contributed by atoms with E-state index in [0.717, 1.165) is 18.5 Å². The van der Waals surface area contributed by atoms with Crippen molar-refractivity contribution in [2.24, 2.45) is 0 Å². The van der Waals surface area contributed by atoms with E-state index in [0.29, 0.717) is 17.3 Å². The van der Waals surface area contributed by atoms with Crippen molar-refractivity contribution in [3.05, 3.63) is 47.4 Å². The number of amides is 1. The fourth-order valence-corrected chi connectivity index (χ4v) is 3.22. The van der Waals surface area contributed by atoms with Gasteiger partial charge in [0, 0.05) is 17.8 Å². The zero-order valence-electron chi connectivity index (χ0n) is 15.0. The van der Waals surface area contributed by atoms with Crippen molar-refractivity contribution in [2.75, 3.05) is 5.32 Å². The van der Waals surface area contributed by atoms with Gasteiger partial charge in [-0.05, 0) is 38.8 Å². The molecule has 2 N–H and O–H groups in total. The predicted molar refractivity (Wildman–Crippen MR) is 100 cm³/mol. The summed E-state index contributed by atoms with van der Waals surface area (Å²) in [6.07, 6.45) is 7.03. The minimum absolute atomic E-state index is 0.107. The van der Waals surface area contributed by atoms with E-state index in [2.05, 4.69) is 27.5 Å². The number of nitrogens with one attached hydrogen (secondary N) is 2. The monoisotopic (exact) mass is 338 g/mol. The van der Waals surface area contributed by atoms with E-state index in [9.17, 15) is 4.79 Å². The lowest BCUT2D eigenvalue weighted by molar-refractivity contribution is 0.0928. The van der Waals surface area contributed by atoms with Crippen molar-refractivity contribution in [2.45, 2.75) is 58.4 Å². The Morgan fingerprint density at radius 3 is 2.36 bits per heavy atom. The number of aromatic nitrogens is 2. The zero-order valence-corrected chi connectivity index (χ0v) is 15.0. The number of hydrogen-bond donors (Lipinski definition) is 2. The molecule has 1 aliphatic rings. The fraction of sp³-hybridized carbons (Fsp3) is 0.450. The first kappa shape index (κ1) is 17.4. The number of rotatable bonds is 4. The van der Waals surface area contributed by atoms with Crippen molar-refractivity contribution in [1.29, 1.82) is 0 Å². The summed E-state index contributed by atoms with van der Waals surface area (Å²) in [5.41, 5.74) is 2.57. The topological polar surface area (TPSA) is 66.9 Å². The minimum Gasteiger partial charge on any atom is -0.348 e. The maximum absolute atomic E-state index is 12.6. The SMILES string of the molecule is Cc1ccc(Nc2cc(C(=O)NC3CCCCCC3)nc(C)n2)cc1. The van der Waals surface area contributed by atoms with Gasteiger partial charge in [0.05, 0.1) is 0 Å². The van der Waals surface area contributed by atoms with Crippen LogP contribution < -0.4 is 10.6 Å². The average molecular weight is 338 g/mol. The fourth-order valence-electron chi connectivity index (χ4n) is 3.22. The van der Waals surface area contributed by atoms with Crippen LogP contribution in [0.1, 0.15) is 60.4 Å². The van der Waals surface area contributed by atoms with Gasteiger partial charge in [-0.15, -0.1) is 0 Å². The van der Waals surface area contributed by atoms with E-state index in [-0.39, 0.29) is 11.9 Å². The third kappa shape index (κ3) is 5.02.